The molecule has 0 spiro atoms. The number of nitrogens with two attached hydrogens (primary N) is 1. The fourth-order valence-corrected chi connectivity index (χ4v) is 2.64. The van der Waals surface area contributed by atoms with Crippen LogP contribution in [-0.2, 0) is 6.42 Å². The smallest absolute Gasteiger partial charge is 0.0898 e. The monoisotopic (exact) mass is 240 g/mol. The predicted molar refractivity (Wildman–Crippen MR) is 62.7 cm³/mol. The number of hydrogen-bond acceptors (Lipinski definition) is 6. The van der Waals surface area contributed by atoms with E-state index in [9.17, 15) is 0 Å². The van der Waals surface area contributed by atoms with Crippen molar-refractivity contribution in [3.8, 4) is 0 Å². The van der Waals surface area contributed by atoms with E-state index in [4.69, 9.17) is 5.84 Å². The van der Waals surface area contributed by atoms with Gasteiger partial charge in [0.15, 0.2) is 0 Å². The van der Waals surface area contributed by atoms with Gasteiger partial charge in [-0.15, -0.1) is 22.7 Å². The summed E-state index contributed by atoms with van der Waals surface area (Å²) in [6, 6.07) is 0.0791. The molecule has 0 amide bonds. The van der Waals surface area contributed by atoms with Crippen LogP contribution in [0.2, 0.25) is 0 Å². The molecule has 4 nitrogen and oxygen atoms in total. The van der Waals surface area contributed by atoms with Gasteiger partial charge < -0.3 is 0 Å². The summed E-state index contributed by atoms with van der Waals surface area (Å²) in [7, 11) is 0. The highest BCUT2D eigenvalue weighted by molar-refractivity contribution is 7.09. The molecule has 0 fully saturated rings. The lowest BCUT2D eigenvalue weighted by atomic mass is 10.1. The molecule has 0 aliphatic carbocycles. The normalized spacial score (nSPS) is 12.9. The Morgan fingerprint density at radius 1 is 1.53 bits per heavy atom. The lowest BCUT2D eigenvalue weighted by Crippen LogP contribution is -2.29. The van der Waals surface area contributed by atoms with E-state index < -0.39 is 0 Å². The van der Waals surface area contributed by atoms with Crippen LogP contribution in [0.1, 0.15) is 21.6 Å². The number of hydrazine groups is 1. The van der Waals surface area contributed by atoms with Crippen molar-refractivity contribution in [2.24, 2.45) is 5.84 Å². The van der Waals surface area contributed by atoms with Gasteiger partial charge in [-0.2, -0.15) is 0 Å². The van der Waals surface area contributed by atoms with Crippen LogP contribution in [0.4, 0.5) is 0 Å². The number of rotatable bonds is 4. The van der Waals surface area contributed by atoms with Crippen LogP contribution < -0.4 is 11.3 Å². The summed E-state index contributed by atoms with van der Waals surface area (Å²) in [5, 5.41) is 3.11. The van der Waals surface area contributed by atoms with Crippen LogP contribution in [0.25, 0.3) is 0 Å². The Balaban J connectivity index is 2.11. The van der Waals surface area contributed by atoms with Crippen LogP contribution >= 0.6 is 22.7 Å². The van der Waals surface area contributed by atoms with Crippen LogP contribution in [0, 0.1) is 6.92 Å². The molecule has 2 aromatic heterocycles. The second-order valence-electron chi connectivity index (χ2n) is 3.18. The zero-order chi connectivity index (χ0) is 10.7. The highest BCUT2D eigenvalue weighted by Crippen LogP contribution is 2.21. The van der Waals surface area contributed by atoms with Crippen LogP contribution in [0.5, 0.6) is 0 Å². The van der Waals surface area contributed by atoms with Gasteiger partial charge in [-0.05, 0) is 6.92 Å². The molecule has 80 valence electrons. The van der Waals surface area contributed by atoms with Gasteiger partial charge in [-0.25, -0.2) is 4.98 Å². The van der Waals surface area contributed by atoms with E-state index in [1.54, 1.807) is 22.7 Å². The summed E-state index contributed by atoms with van der Waals surface area (Å²) in [5.41, 5.74) is 5.63. The maximum atomic E-state index is 5.53. The largest absolute Gasteiger partial charge is 0.271 e. The van der Waals surface area contributed by atoms with Crippen molar-refractivity contribution in [2.45, 2.75) is 19.4 Å². The lowest BCUT2D eigenvalue weighted by molar-refractivity contribution is 0.543. The average Bonchev–Trinajstić information content (AvgIpc) is 2.85. The molecule has 1 atom stereocenters. The standard InChI is InChI=1S/C9H12N4S2/c1-6-12-9(4-14-6)8(13-10)2-7-3-11-5-15-7/h3-5,8,13H,2,10H2,1H3. The maximum Gasteiger partial charge on any atom is 0.0898 e. The van der Waals surface area contributed by atoms with Gasteiger partial charge in [-0.3, -0.25) is 16.3 Å². The molecule has 6 heteroatoms. The molecule has 0 aromatic carbocycles. The summed E-state index contributed by atoms with van der Waals surface area (Å²) in [6.45, 7) is 1.99. The molecule has 0 aliphatic rings. The Hall–Kier alpha value is -0.820. The van der Waals surface area contributed by atoms with E-state index in [0.29, 0.717) is 0 Å². The predicted octanol–water partition coefficient (Wildman–Crippen LogP) is 1.66. The van der Waals surface area contributed by atoms with Crippen molar-refractivity contribution in [1.29, 1.82) is 0 Å². The molecule has 0 saturated carbocycles. The van der Waals surface area contributed by atoms with Crippen molar-refractivity contribution in [3.63, 3.8) is 0 Å². The number of thiazole rings is 2. The van der Waals surface area contributed by atoms with Gasteiger partial charge in [0.1, 0.15) is 0 Å². The van der Waals surface area contributed by atoms with Gasteiger partial charge in [0.05, 0.1) is 22.3 Å². The van der Waals surface area contributed by atoms with E-state index in [1.807, 2.05) is 24.0 Å². The summed E-state index contributed by atoms with van der Waals surface area (Å²) < 4.78 is 0. The molecular formula is C9H12N4S2. The minimum atomic E-state index is 0.0791. The van der Waals surface area contributed by atoms with E-state index >= 15 is 0 Å². The van der Waals surface area contributed by atoms with Gasteiger partial charge in [-0.1, -0.05) is 0 Å². The summed E-state index contributed by atoms with van der Waals surface area (Å²) >= 11 is 3.28. The highest BCUT2D eigenvalue weighted by Gasteiger charge is 2.14. The maximum absolute atomic E-state index is 5.53. The molecule has 0 aliphatic heterocycles. The molecule has 0 bridgehead atoms. The number of aryl methyl sites for hydroxylation is 1. The van der Waals surface area contributed by atoms with Crippen molar-refractivity contribution < 1.29 is 0 Å². The molecule has 0 radical (unpaired) electrons. The van der Waals surface area contributed by atoms with Crippen molar-refractivity contribution in [3.05, 3.63) is 32.7 Å². The molecular weight excluding hydrogens is 228 g/mol. The van der Waals surface area contributed by atoms with E-state index in [-0.39, 0.29) is 6.04 Å². The first-order valence-electron chi connectivity index (χ1n) is 4.55. The minimum absolute atomic E-state index is 0.0791. The zero-order valence-electron chi connectivity index (χ0n) is 8.30. The SMILES string of the molecule is Cc1nc(C(Cc2cncs2)NN)cs1. The quantitative estimate of drug-likeness (QED) is 0.630. The third kappa shape index (κ3) is 2.60. The number of aromatic nitrogens is 2. The summed E-state index contributed by atoms with van der Waals surface area (Å²) in [4.78, 5) is 9.67. The first kappa shape index (κ1) is 10.7. The lowest BCUT2D eigenvalue weighted by Gasteiger charge is -2.11. The fourth-order valence-electron chi connectivity index (χ4n) is 1.33. The van der Waals surface area contributed by atoms with Crippen LogP contribution in [0.15, 0.2) is 17.1 Å². The number of nitrogens with zero attached hydrogens (tertiary/aromatic N) is 2. The first-order chi connectivity index (χ1) is 7.29. The van der Waals surface area contributed by atoms with E-state index in [0.717, 1.165) is 17.1 Å². The van der Waals surface area contributed by atoms with Crippen molar-refractivity contribution in [1.82, 2.24) is 15.4 Å². The Morgan fingerprint density at radius 2 is 2.40 bits per heavy atom. The molecule has 2 heterocycles. The Bertz CT molecular complexity index is 409. The Kier molecular flexibility index (Phi) is 3.42. The fraction of sp³-hybridized carbons (Fsp3) is 0.333. The third-order valence-corrected chi connectivity index (χ3v) is 3.68. The van der Waals surface area contributed by atoms with Crippen LogP contribution in [-0.4, -0.2) is 9.97 Å². The minimum Gasteiger partial charge on any atom is -0.271 e. The molecule has 2 rings (SSSR count). The van der Waals surface area contributed by atoms with E-state index in [2.05, 4.69) is 15.4 Å². The number of hydrogen-bond donors (Lipinski definition) is 2. The average molecular weight is 240 g/mol. The van der Waals surface area contributed by atoms with Gasteiger partial charge in [0.25, 0.3) is 0 Å². The van der Waals surface area contributed by atoms with E-state index in [1.165, 1.54) is 4.88 Å². The molecule has 0 saturated heterocycles. The first-order valence-corrected chi connectivity index (χ1v) is 6.31. The Morgan fingerprint density at radius 3 is 2.93 bits per heavy atom. The second kappa shape index (κ2) is 4.80. The topological polar surface area (TPSA) is 63.8 Å². The van der Waals surface area contributed by atoms with Crippen molar-refractivity contribution >= 4 is 22.7 Å². The molecule has 3 N–H and O–H groups in total. The zero-order valence-corrected chi connectivity index (χ0v) is 9.94. The highest BCUT2D eigenvalue weighted by atomic mass is 32.1. The Labute approximate surface area is 96.2 Å². The molecule has 1 unspecified atom stereocenters. The van der Waals surface area contributed by atoms with Gasteiger partial charge in [0.2, 0.25) is 0 Å². The summed E-state index contributed by atoms with van der Waals surface area (Å²) in [6.07, 6.45) is 2.71. The van der Waals surface area contributed by atoms with Crippen molar-refractivity contribution in [2.75, 3.05) is 0 Å². The third-order valence-electron chi connectivity index (χ3n) is 2.08. The number of nitrogens with one attached hydrogen (secondary N) is 1. The van der Waals surface area contributed by atoms with Gasteiger partial charge >= 0.3 is 0 Å². The van der Waals surface area contributed by atoms with Crippen LogP contribution in [0.3, 0.4) is 0 Å². The second-order valence-corrected chi connectivity index (χ2v) is 5.22. The molecule has 15 heavy (non-hydrogen) atoms. The summed E-state index contributed by atoms with van der Waals surface area (Å²) in [5.74, 6) is 5.53. The molecule has 2 aromatic rings. The van der Waals surface area contributed by atoms with Gasteiger partial charge in [0, 0.05) is 22.9 Å².